The Morgan fingerprint density at radius 3 is 2.71 bits per heavy atom. The summed E-state index contributed by atoms with van der Waals surface area (Å²) in [6.45, 7) is 0. The summed E-state index contributed by atoms with van der Waals surface area (Å²) < 4.78 is 42.0. The second-order valence-electron chi connectivity index (χ2n) is 2.63. The van der Waals surface area contributed by atoms with E-state index in [1.165, 1.54) is 6.07 Å². The molecule has 0 aliphatic rings. The van der Waals surface area contributed by atoms with Crippen molar-refractivity contribution in [3.8, 4) is 0 Å². The van der Waals surface area contributed by atoms with Gasteiger partial charge in [0.15, 0.2) is 5.58 Å². The number of halogens is 4. The van der Waals surface area contributed by atoms with Gasteiger partial charge in [-0.05, 0) is 6.07 Å². The minimum Gasteiger partial charge on any atom is -0.462 e. The summed E-state index contributed by atoms with van der Waals surface area (Å²) in [6, 6.07) is 2.07. The number of aromatic nitrogens is 1. The molecule has 0 N–H and O–H groups in total. The fourth-order valence-corrected chi connectivity index (χ4v) is 1.33. The van der Waals surface area contributed by atoms with Gasteiger partial charge in [-0.3, -0.25) is 0 Å². The number of hydrogen-bond donors (Lipinski definition) is 0. The molecule has 2 heterocycles. The van der Waals surface area contributed by atoms with Crippen molar-refractivity contribution < 1.29 is 17.6 Å². The zero-order chi connectivity index (χ0) is 10.3. The van der Waals surface area contributed by atoms with Crippen LogP contribution in [0.2, 0.25) is 5.15 Å². The van der Waals surface area contributed by atoms with Gasteiger partial charge in [0.2, 0.25) is 0 Å². The Bertz CT molecular complexity index is 477. The summed E-state index contributed by atoms with van der Waals surface area (Å²) in [5, 5.41) is -0.203. The Kier molecular flexibility index (Phi) is 1.92. The van der Waals surface area contributed by atoms with Crippen LogP contribution in [0.4, 0.5) is 13.2 Å². The number of hydrogen-bond acceptors (Lipinski definition) is 2. The number of furan rings is 1. The first-order valence-corrected chi connectivity index (χ1v) is 3.97. The van der Waals surface area contributed by atoms with Crippen molar-refractivity contribution in [2.45, 2.75) is 6.18 Å². The third-order valence-electron chi connectivity index (χ3n) is 1.69. The number of pyridine rings is 1. The molecule has 2 aromatic heterocycles. The van der Waals surface area contributed by atoms with Crippen molar-refractivity contribution in [2.75, 3.05) is 0 Å². The maximum atomic E-state index is 12.4. The molecule has 0 fully saturated rings. The van der Waals surface area contributed by atoms with E-state index in [0.717, 1.165) is 12.3 Å². The molecule has 2 rings (SSSR count). The quantitative estimate of drug-likeness (QED) is 0.637. The summed E-state index contributed by atoms with van der Waals surface area (Å²) in [5.41, 5.74) is -1.09. The summed E-state index contributed by atoms with van der Waals surface area (Å²) in [5.74, 6) is 0. The van der Waals surface area contributed by atoms with Crippen LogP contribution in [0, 0.1) is 0 Å². The molecule has 0 atom stereocenters. The molecule has 0 saturated heterocycles. The lowest BCUT2D eigenvalue weighted by Crippen LogP contribution is -2.05. The normalized spacial score (nSPS) is 12.3. The van der Waals surface area contributed by atoms with E-state index >= 15 is 0 Å². The van der Waals surface area contributed by atoms with E-state index in [-0.39, 0.29) is 16.3 Å². The number of alkyl halides is 3. The molecule has 0 amide bonds. The van der Waals surface area contributed by atoms with Gasteiger partial charge in [0.25, 0.3) is 0 Å². The summed E-state index contributed by atoms with van der Waals surface area (Å²) in [6.07, 6.45) is -3.34. The second kappa shape index (κ2) is 2.88. The van der Waals surface area contributed by atoms with Crippen LogP contribution in [0.15, 0.2) is 22.8 Å². The molecule has 2 aromatic rings. The molecule has 14 heavy (non-hydrogen) atoms. The average molecular weight is 222 g/mol. The molecule has 0 saturated carbocycles. The first-order chi connectivity index (χ1) is 6.48. The summed E-state index contributed by atoms with van der Waals surface area (Å²) in [4.78, 5) is 3.68. The highest BCUT2D eigenvalue weighted by atomic mass is 35.5. The maximum absolute atomic E-state index is 12.4. The van der Waals surface area contributed by atoms with Crippen molar-refractivity contribution >= 4 is 22.7 Å². The molecule has 0 aliphatic heterocycles. The molecule has 0 aromatic carbocycles. The fourth-order valence-electron chi connectivity index (χ4n) is 1.13. The largest absolute Gasteiger partial charge is 0.462 e. The lowest BCUT2D eigenvalue weighted by Gasteiger charge is -2.06. The van der Waals surface area contributed by atoms with Crippen molar-refractivity contribution in [2.24, 2.45) is 0 Å². The highest BCUT2D eigenvalue weighted by Gasteiger charge is 2.34. The molecule has 74 valence electrons. The van der Waals surface area contributed by atoms with E-state index in [1.807, 2.05) is 0 Å². The van der Waals surface area contributed by atoms with Crippen LogP contribution in [0.25, 0.3) is 11.1 Å². The Morgan fingerprint density at radius 1 is 1.36 bits per heavy atom. The molecule has 0 aliphatic carbocycles. The third-order valence-corrected chi connectivity index (χ3v) is 1.88. The van der Waals surface area contributed by atoms with Crippen LogP contribution in [-0.4, -0.2) is 4.98 Å². The highest BCUT2D eigenvalue weighted by molar-refractivity contribution is 6.29. The van der Waals surface area contributed by atoms with Crippen LogP contribution in [-0.2, 0) is 6.18 Å². The van der Waals surface area contributed by atoms with Gasteiger partial charge < -0.3 is 4.42 Å². The molecule has 2 nitrogen and oxygen atoms in total. The van der Waals surface area contributed by atoms with E-state index < -0.39 is 11.7 Å². The summed E-state index contributed by atoms with van der Waals surface area (Å²) in [7, 11) is 0. The zero-order valence-corrected chi connectivity index (χ0v) is 7.36. The Morgan fingerprint density at radius 2 is 2.07 bits per heavy atom. The summed E-state index contributed by atoms with van der Waals surface area (Å²) >= 11 is 5.43. The molecular formula is C8H3ClF3NO. The van der Waals surface area contributed by atoms with Gasteiger partial charge in [-0.1, -0.05) is 11.6 Å². The van der Waals surface area contributed by atoms with Crippen molar-refractivity contribution in [3.63, 3.8) is 0 Å². The van der Waals surface area contributed by atoms with E-state index in [2.05, 4.69) is 9.40 Å². The average Bonchev–Trinajstić information content (AvgIpc) is 2.47. The molecule has 0 unspecified atom stereocenters. The maximum Gasteiger partial charge on any atom is 0.420 e. The number of nitrogens with zero attached hydrogens (tertiary/aromatic N) is 1. The topological polar surface area (TPSA) is 26.0 Å². The first kappa shape index (κ1) is 9.33. The standard InChI is InChI=1S/C8H3ClF3NO/c9-6-3-4(8(10,11)12)7-5(13-6)1-2-14-7/h1-3H. The van der Waals surface area contributed by atoms with Gasteiger partial charge in [0.05, 0.1) is 6.26 Å². The number of fused-ring (bicyclic) bond motifs is 1. The Labute approximate surface area is 81.3 Å². The molecule has 0 radical (unpaired) electrons. The van der Waals surface area contributed by atoms with E-state index in [0.29, 0.717) is 0 Å². The zero-order valence-electron chi connectivity index (χ0n) is 6.60. The fraction of sp³-hybridized carbons (Fsp3) is 0.125. The van der Waals surface area contributed by atoms with Crippen LogP contribution in [0.3, 0.4) is 0 Å². The molecule has 0 bridgehead atoms. The Hall–Kier alpha value is -1.23. The van der Waals surface area contributed by atoms with Crippen molar-refractivity contribution in [1.29, 1.82) is 0 Å². The van der Waals surface area contributed by atoms with Crippen LogP contribution < -0.4 is 0 Å². The van der Waals surface area contributed by atoms with Gasteiger partial charge in [0, 0.05) is 6.07 Å². The van der Waals surface area contributed by atoms with Gasteiger partial charge in [-0.15, -0.1) is 0 Å². The lowest BCUT2D eigenvalue weighted by molar-refractivity contribution is -0.136. The number of rotatable bonds is 0. The predicted octanol–water partition coefficient (Wildman–Crippen LogP) is 3.50. The molecule has 0 spiro atoms. The Balaban J connectivity index is 2.80. The van der Waals surface area contributed by atoms with Gasteiger partial charge in [-0.2, -0.15) is 13.2 Å². The highest BCUT2D eigenvalue weighted by Crippen LogP contribution is 2.35. The SMILES string of the molecule is FC(F)(F)c1cc(Cl)nc2ccoc12. The minimum atomic E-state index is -4.48. The van der Waals surface area contributed by atoms with Crippen LogP contribution in [0.5, 0.6) is 0 Å². The van der Waals surface area contributed by atoms with Crippen molar-refractivity contribution in [3.05, 3.63) is 29.1 Å². The van der Waals surface area contributed by atoms with Gasteiger partial charge in [0.1, 0.15) is 16.2 Å². The monoisotopic (exact) mass is 221 g/mol. The van der Waals surface area contributed by atoms with E-state index in [1.54, 1.807) is 0 Å². The van der Waals surface area contributed by atoms with Crippen LogP contribution >= 0.6 is 11.6 Å². The third kappa shape index (κ3) is 1.43. The van der Waals surface area contributed by atoms with Crippen molar-refractivity contribution in [1.82, 2.24) is 4.98 Å². The molecular weight excluding hydrogens is 219 g/mol. The predicted molar refractivity (Wildman–Crippen MR) is 44.0 cm³/mol. The van der Waals surface area contributed by atoms with Crippen LogP contribution in [0.1, 0.15) is 5.56 Å². The first-order valence-electron chi connectivity index (χ1n) is 3.59. The van der Waals surface area contributed by atoms with E-state index in [4.69, 9.17) is 11.6 Å². The van der Waals surface area contributed by atoms with Gasteiger partial charge >= 0.3 is 6.18 Å². The second-order valence-corrected chi connectivity index (χ2v) is 3.01. The minimum absolute atomic E-state index is 0.102. The van der Waals surface area contributed by atoms with E-state index in [9.17, 15) is 13.2 Å². The van der Waals surface area contributed by atoms with Gasteiger partial charge in [-0.25, -0.2) is 4.98 Å². The molecule has 6 heteroatoms. The lowest BCUT2D eigenvalue weighted by atomic mass is 10.2. The smallest absolute Gasteiger partial charge is 0.420 e.